The molecule has 5 heteroatoms. The van der Waals surface area contributed by atoms with Gasteiger partial charge >= 0.3 is 5.97 Å². The van der Waals surface area contributed by atoms with E-state index in [0.717, 1.165) is 17.4 Å². The number of hydrogen-bond acceptors (Lipinski definition) is 5. The van der Waals surface area contributed by atoms with Gasteiger partial charge in [0.2, 0.25) is 6.79 Å². The number of fused-ring (bicyclic) bond motifs is 1. The number of aliphatic hydroxyl groups is 1. The first-order chi connectivity index (χ1) is 9.20. The lowest BCUT2D eigenvalue weighted by molar-refractivity contribution is -0.142. The van der Waals surface area contributed by atoms with Crippen LogP contribution < -0.4 is 9.47 Å². The average Bonchev–Trinajstić information content (AvgIpc) is 2.82. The van der Waals surface area contributed by atoms with Crippen molar-refractivity contribution >= 4 is 12.0 Å². The van der Waals surface area contributed by atoms with Crippen molar-refractivity contribution in [3.05, 3.63) is 41.7 Å². The molecular weight excluding hydrogens is 248 g/mol. The van der Waals surface area contributed by atoms with E-state index in [9.17, 15) is 9.90 Å². The summed E-state index contributed by atoms with van der Waals surface area (Å²) in [6, 6.07) is 5.55. The lowest BCUT2D eigenvalue weighted by atomic mass is 10.1. The van der Waals surface area contributed by atoms with E-state index in [0.29, 0.717) is 12.2 Å². The number of carbonyl (C=O) groups is 1. The Labute approximate surface area is 109 Å². The number of carbonyl (C=O) groups excluding carboxylic acids is 1. The van der Waals surface area contributed by atoms with Crippen LogP contribution >= 0.6 is 0 Å². The molecule has 0 bridgehead atoms. The SMILES string of the molecule is O=C1C=C(O)CC(C=Cc2ccc3c(c2)OCO3)O1. The van der Waals surface area contributed by atoms with Gasteiger partial charge in [0.15, 0.2) is 11.5 Å². The van der Waals surface area contributed by atoms with Crippen LogP contribution in [0.2, 0.25) is 0 Å². The number of cyclic esters (lactones) is 1. The number of rotatable bonds is 2. The summed E-state index contributed by atoms with van der Waals surface area (Å²) in [5.74, 6) is 0.938. The lowest BCUT2D eigenvalue weighted by Crippen LogP contribution is -2.20. The summed E-state index contributed by atoms with van der Waals surface area (Å²) in [5, 5.41) is 9.36. The van der Waals surface area contributed by atoms with E-state index in [-0.39, 0.29) is 12.6 Å². The minimum Gasteiger partial charge on any atom is -0.512 e. The normalized spacial score (nSPS) is 21.4. The molecule has 0 saturated carbocycles. The third-order valence-electron chi connectivity index (χ3n) is 2.86. The van der Waals surface area contributed by atoms with Crippen LogP contribution in [0.1, 0.15) is 12.0 Å². The van der Waals surface area contributed by atoms with Gasteiger partial charge in [0.1, 0.15) is 11.9 Å². The highest BCUT2D eigenvalue weighted by atomic mass is 16.7. The molecule has 0 radical (unpaired) electrons. The summed E-state index contributed by atoms with van der Waals surface area (Å²) in [7, 11) is 0. The van der Waals surface area contributed by atoms with Gasteiger partial charge in [-0.05, 0) is 23.8 Å². The topological polar surface area (TPSA) is 65.0 Å². The summed E-state index contributed by atoms with van der Waals surface area (Å²) in [4.78, 5) is 11.1. The highest BCUT2D eigenvalue weighted by molar-refractivity contribution is 5.83. The molecule has 0 aliphatic carbocycles. The monoisotopic (exact) mass is 260 g/mol. The van der Waals surface area contributed by atoms with Crippen molar-refractivity contribution in [1.29, 1.82) is 0 Å². The molecule has 1 unspecified atom stereocenters. The molecular formula is C14H12O5. The van der Waals surface area contributed by atoms with E-state index in [4.69, 9.17) is 14.2 Å². The second-order valence-corrected chi connectivity index (χ2v) is 4.29. The van der Waals surface area contributed by atoms with Crippen LogP contribution in [0.4, 0.5) is 0 Å². The molecule has 0 fully saturated rings. The van der Waals surface area contributed by atoms with Crippen molar-refractivity contribution in [2.75, 3.05) is 6.79 Å². The minimum absolute atomic E-state index is 0.0385. The number of benzene rings is 1. The quantitative estimate of drug-likeness (QED) is 0.826. The lowest BCUT2D eigenvalue weighted by Gasteiger charge is -2.17. The Bertz CT molecular complexity index is 573. The van der Waals surface area contributed by atoms with Gasteiger partial charge in [-0.15, -0.1) is 0 Å². The van der Waals surface area contributed by atoms with Gasteiger partial charge in [-0.1, -0.05) is 12.1 Å². The van der Waals surface area contributed by atoms with Gasteiger partial charge in [-0.2, -0.15) is 0 Å². The predicted octanol–water partition coefficient (Wildman–Crippen LogP) is 2.19. The van der Waals surface area contributed by atoms with Crippen molar-refractivity contribution in [2.45, 2.75) is 12.5 Å². The number of ether oxygens (including phenoxy) is 3. The molecule has 98 valence electrons. The zero-order chi connectivity index (χ0) is 13.2. The number of hydrogen-bond donors (Lipinski definition) is 1. The van der Waals surface area contributed by atoms with E-state index in [2.05, 4.69) is 0 Å². The summed E-state index contributed by atoms with van der Waals surface area (Å²) in [5.41, 5.74) is 0.911. The van der Waals surface area contributed by atoms with Gasteiger partial charge in [-0.25, -0.2) is 4.79 Å². The summed E-state index contributed by atoms with van der Waals surface area (Å²) in [6.45, 7) is 0.238. The Morgan fingerprint density at radius 2 is 2.11 bits per heavy atom. The van der Waals surface area contributed by atoms with Crippen molar-refractivity contribution in [3.8, 4) is 11.5 Å². The fraction of sp³-hybridized carbons (Fsp3) is 0.214. The molecule has 0 aromatic heterocycles. The molecule has 19 heavy (non-hydrogen) atoms. The molecule has 2 aliphatic rings. The van der Waals surface area contributed by atoms with Crippen molar-refractivity contribution < 1.29 is 24.1 Å². The third-order valence-corrected chi connectivity index (χ3v) is 2.86. The molecule has 1 atom stereocenters. The Morgan fingerprint density at radius 1 is 1.26 bits per heavy atom. The third kappa shape index (κ3) is 2.54. The summed E-state index contributed by atoms with van der Waals surface area (Å²) < 4.78 is 15.5. The van der Waals surface area contributed by atoms with Gasteiger partial charge in [0.25, 0.3) is 0 Å². The first kappa shape index (κ1) is 11.6. The van der Waals surface area contributed by atoms with Gasteiger partial charge in [0.05, 0.1) is 6.08 Å². The number of aliphatic hydroxyl groups excluding tert-OH is 1. The van der Waals surface area contributed by atoms with Crippen LogP contribution in [0.15, 0.2) is 36.1 Å². The number of esters is 1. The zero-order valence-electron chi connectivity index (χ0n) is 10.0. The first-order valence-corrected chi connectivity index (χ1v) is 5.89. The maximum atomic E-state index is 11.1. The molecule has 2 aliphatic heterocycles. The summed E-state index contributed by atoms with van der Waals surface area (Å²) >= 11 is 0. The van der Waals surface area contributed by atoms with Gasteiger partial charge < -0.3 is 19.3 Å². The smallest absolute Gasteiger partial charge is 0.334 e. The van der Waals surface area contributed by atoms with Gasteiger partial charge in [0, 0.05) is 6.42 Å². The van der Waals surface area contributed by atoms with E-state index >= 15 is 0 Å². The molecule has 0 saturated heterocycles. The maximum Gasteiger partial charge on any atom is 0.334 e. The zero-order valence-corrected chi connectivity index (χ0v) is 10.0. The highest BCUT2D eigenvalue weighted by Gasteiger charge is 2.18. The van der Waals surface area contributed by atoms with Crippen LogP contribution in [0.5, 0.6) is 11.5 Å². The first-order valence-electron chi connectivity index (χ1n) is 5.89. The van der Waals surface area contributed by atoms with Crippen LogP contribution in [-0.2, 0) is 9.53 Å². The Hall–Kier alpha value is -2.43. The van der Waals surface area contributed by atoms with E-state index in [1.165, 1.54) is 0 Å². The molecule has 1 N–H and O–H groups in total. The molecule has 5 nitrogen and oxygen atoms in total. The molecule has 0 spiro atoms. The standard InChI is InChI=1S/C14H12O5/c15-10-6-11(19-14(16)7-10)3-1-9-2-4-12-13(5-9)18-8-17-12/h1-5,7,11,15H,6,8H2. The molecule has 1 aromatic rings. The molecule has 0 amide bonds. The van der Waals surface area contributed by atoms with Crippen LogP contribution in [-0.4, -0.2) is 24.0 Å². The van der Waals surface area contributed by atoms with Crippen LogP contribution in [0.25, 0.3) is 6.08 Å². The fourth-order valence-electron chi connectivity index (χ4n) is 1.97. The largest absolute Gasteiger partial charge is 0.512 e. The second kappa shape index (κ2) is 4.68. The van der Waals surface area contributed by atoms with Crippen LogP contribution in [0.3, 0.4) is 0 Å². The van der Waals surface area contributed by atoms with E-state index in [1.807, 2.05) is 24.3 Å². The van der Waals surface area contributed by atoms with Crippen LogP contribution in [0, 0.1) is 0 Å². The van der Waals surface area contributed by atoms with Crippen molar-refractivity contribution in [3.63, 3.8) is 0 Å². The van der Waals surface area contributed by atoms with Crippen molar-refractivity contribution in [2.24, 2.45) is 0 Å². The highest BCUT2D eigenvalue weighted by Crippen LogP contribution is 2.32. The predicted molar refractivity (Wildman–Crippen MR) is 66.8 cm³/mol. The average molecular weight is 260 g/mol. The van der Waals surface area contributed by atoms with E-state index < -0.39 is 12.1 Å². The Morgan fingerprint density at radius 3 is 2.95 bits per heavy atom. The van der Waals surface area contributed by atoms with Crippen molar-refractivity contribution in [1.82, 2.24) is 0 Å². The molecule has 3 rings (SSSR count). The molecule has 1 aromatic carbocycles. The fourth-order valence-corrected chi connectivity index (χ4v) is 1.97. The second-order valence-electron chi connectivity index (χ2n) is 4.29. The maximum absolute atomic E-state index is 11.1. The minimum atomic E-state index is -0.524. The Kier molecular flexibility index (Phi) is 2.87. The van der Waals surface area contributed by atoms with E-state index in [1.54, 1.807) is 6.08 Å². The summed E-state index contributed by atoms with van der Waals surface area (Å²) in [6.07, 6.45) is 4.50. The molecule has 2 heterocycles. The Balaban J connectivity index is 1.73. The van der Waals surface area contributed by atoms with Gasteiger partial charge in [-0.3, -0.25) is 0 Å².